The molecule has 0 radical (unpaired) electrons. The highest BCUT2D eigenvalue weighted by Gasteiger charge is 2.30. The third-order valence-corrected chi connectivity index (χ3v) is 4.91. The van der Waals surface area contributed by atoms with E-state index < -0.39 is 0 Å². The van der Waals surface area contributed by atoms with Gasteiger partial charge < -0.3 is 20.3 Å². The van der Waals surface area contributed by atoms with Crippen molar-refractivity contribution < 1.29 is 9.73 Å². The quantitative estimate of drug-likeness (QED) is 0.621. The summed E-state index contributed by atoms with van der Waals surface area (Å²) in [7, 11) is 1.82. The average molecular weight is 381 g/mol. The highest BCUT2D eigenvalue weighted by Crippen LogP contribution is 2.33. The van der Waals surface area contributed by atoms with E-state index in [1.807, 2.05) is 31.3 Å². The van der Waals surface area contributed by atoms with Crippen molar-refractivity contribution in [2.45, 2.75) is 25.4 Å². The molecular formula is C19H21N6O3-. The Balaban J connectivity index is 1.48. The fourth-order valence-corrected chi connectivity index (χ4v) is 3.42. The number of rotatable bonds is 6. The molecule has 0 aliphatic carbocycles. The Morgan fingerprint density at radius 3 is 2.79 bits per heavy atom. The second-order valence-electron chi connectivity index (χ2n) is 6.71. The summed E-state index contributed by atoms with van der Waals surface area (Å²) in [4.78, 5) is 11.2. The van der Waals surface area contributed by atoms with Gasteiger partial charge in [0.25, 0.3) is 0 Å². The first-order chi connectivity index (χ1) is 13.6. The molecule has 1 aliphatic rings. The monoisotopic (exact) mass is 381 g/mol. The lowest BCUT2D eigenvalue weighted by atomic mass is 10.1. The smallest absolute Gasteiger partial charge is 0.244 e. The highest BCUT2D eigenvalue weighted by atomic mass is 16.8. The first-order valence-electron chi connectivity index (χ1n) is 9.11. The van der Waals surface area contributed by atoms with Crippen LogP contribution >= 0.6 is 0 Å². The van der Waals surface area contributed by atoms with Crippen LogP contribution in [0.1, 0.15) is 30.3 Å². The summed E-state index contributed by atoms with van der Waals surface area (Å²) in [5.74, 6) is 1.91. The van der Waals surface area contributed by atoms with Crippen LogP contribution in [0.2, 0.25) is 0 Å². The number of likely N-dealkylation sites (tertiary alicyclic amines) is 1. The molecule has 1 atom stereocenters. The minimum absolute atomic E-state index is 0.0549. The van der Waals surface area contributed by atoms with Gasteiger partial charge in [-0.2, -0.15) is 4.98 Å². The van der Waals surface area contributed by atoms with Gasteiger partial charge in [-0.3, -0.25) is 10.1 Å². The summed E-state index contributed by atoms with van der Waals surface area (Å²) in [5.41, 5.74) is 2.06. The predicted octanol–water partition coefficient (Wildman–Crippen LogP) is 3.20. The molecule has 1 fully saturated rings. The molecule has 0 amide bonds. The van der Waals surface area contributed by atoms with E-state index in [2.05, 4.69) is 25.3 Å². The Morgan fingerprint density at radius 2 is 2.11 bits per heavy atom. The zero-order valence-electron chi connectivity index (χ0n) is 15.4. The molecule has 9 heteroatoms. The Kier molecular flexibility index (Phi) is 5.20. The maximum Gasteiger partial charge on any atom is 0.244 e. The molecule has 0 saturated carbocycles. The van der Waals surface area contributed by atoms with Crippen molar-refractivity contribution in [3.63, 3.8) is 0 Å². The summed E-state index contributed by atoms with van der Waals surface area (Å²) in [6.45, 7) is 1.63. The fourth-order valence-electron chi connectivity index (χ4n) is 3.42. The van der Waals surface area contributed by atoms with Crippen molar-refractivity contribution in [1.82, 2.24) is 20.0 Å². The lowest BCUT2D eigenvalue weighted by Gasteiger charge is -2.23. The lowest BCUT2D eigenvalue weighted by Crippen LogP contribution is -2.23. The third-order valence-electron chi connectivity index (χ3n) is 4.91. The van der Waals surface area contributed by atoms with Gasteiger partial charge >= 0.3 is 0 Å². The molecular weight excluding hydrogens is 360 g/mol. The molecule has 2 aromatic heterocycles. The molecule has 1 unspecified atom stereocenters. The van der Waals surface area contributed by atoms with Gasteiger partial charge in [0.1, 0.15) is 5.82 Å². The van der Waals surface area contributed by atoms with Crippen LogP contribution < -0.4 is 10.5 Å². The Bertz CT molecular complexity index is 910. The molecule has 146 valence electrons. The number of aromatic nitrogens is 3. The van der Waals surface area contributed by atoms with E-state index in [4.69, 9.17) is 9.73 Å². The maximum atomic E-state index is 10.9. The number of nitrogens with zero attached hydrogens (tertiary/aromatic N) is 5. The van der Waals surface area contributed by atoms with Crippen LogP contribution in [-0.4, -0.2) is 38.8 Å². The van der Waals surface area contributed by atoms with Gasteiger partial charge in [-0.1, -0.05) is 17.3 Å². The molecule has 4 rings (SSSR count). The number of hydrogen-bond donors (Lipinski definition) is 2. The molecule has 1 aliphatic heterocycles. The molecule has 3 heterocycles. The van der Waals surface area contributed by atoms with Crippen LogP contribution in [0.4, 0.5) is 11.5 Å². The highest BCUT2D eigenvalue weighted by molar-refractivity contribution is 5.55. The summed E-state index contributed by atoms with van der Waals surface area (Å²) < 4.78 is 5.55. The van der Waals surface area contributed by atoms with Gasteiger partial charge in [0.05, 0.1) is 11.7 Å². The SMILES string of the molecule is CNc1ccc(-c2noc(C3CCCN3Cc3ccc(N([O-])O)cc3)n2)cn1. The minimum atomic E-state index is -0.139. The fraction of sp³-hybridized carbons (Fsp3) is 0.316. The molecule has 0 bridgehead atoms. The molecule has 0 spiro atoms. The normalized spacial score (nSPS) is 17.0. The summed E-state index contributed by atoms with van der Waals surface area (Å²) >= 11 is 0. The second-order valence-corrected chi connectivity index (χ2v) is 6.71. The first kappa shape index (κ1) is 18.4. The van der Waals surface area contributed by atoms with Crippen molar-refractivity contribution in [3.8, 4) is 11.4 Å². The van der Waals surface area contributed by atoms with Gasteiger partial charge in [0.2, 0.25) is 11.7 Å². The summed E-state index contributed by atoms with van der Waals surface area (Å²) in [6, 6.07) is 10.7. The predicted molar refractivity (Wildman–Crippen MR) is 104 cm³/mol. The second kappa shape index (κ2) is 7.93. The molecule has 1 aromatic carbocycles. The van der Waals surface area contributed by atoms with Gasteiger partial charge in [-0.25, -0.2) is 4.98 Å². The summed E-state index contributed by atoms with van der Waals surface area (Å²) in [6.07, 6.45) is 3.71. The molecule has 2 N–H and O–H groups in total. The van der Waals surface area contributed by atoms with Crippen molar-refractivity contribution in [3.05, 3.63) is 59.3 Å². The topological polar surface area (TPSA) is 114 Å². The van der Waals surface area contributed by atoms with E-state index >= 15 is 0 Å². The molecule has 3 aromatic rings. The van der Waals surface area contributed by atoms with E-state index in [1.165, 1.54) is 0 Å². The maximum absolute atomic E-state index is 10.9. The standard InChI is InChI=1S/C19H21N6O3/c1-20-17-9-6-14(11-21-17)18-22-19(28-23-18)16-3-2-10-24(16)12-13-4-7-15(8-5-13)25(26)27/h4-9,11,16,26H,2-3,10,12H2,1H3,(H,20,21)/q-1. The van der Waals surface area contributed by atoms with E-state index in [1.54, 1.807) is 18.3 Å². The minimum Gasteiger partial charge on any atom is -0.733 e. The largest absolute Gasteiger partial charge is 0.733 e. The van der Waals surface area contributed by atoms with Crippen molar-refractivity contribution in [2.24, 2.45) is 0 Å². The average Bonchev–Trinajstić information content (AvgIpc) is 3.38. The number of pyridine rings is 1. The van der Waals surface area contributed by atoms with Crippen LogP contribution in [-0.2, 0) is 6.54 Å². The number of benzene rings is 1. The van der Waals surface area contributed by atoms with Crippen molar-refractivity contribution in [1.29, 1.82) is 0 Å². The van der Waals surface area contributed by atoms with Crippen LogP contribution in [0.25, 0.3) is 11.4 Å². The lowest BCUT2D eigenvalue weighted by molar-refractivity contribution is 0.201. The number of hydrogen-bond acceptors (Lipinski definition) is 9. The third kappa shape index (κ3) is 3.81. The van der Waals surface area contributed by atoms with Crippen LogP contribution in [0.15, 0.2) is 47.1 Å². The van der Waals surface area contributed by atoms with E-state index in [-0.39, 0.29) is 17.0 Å². The van der Waals surface area contributed by atoms with E-state index in [0.717, 1.165) is 36.3 Å². The Hall–Kier alpha value is -3.01. The Morgan fingerprint density at radius 1 is 1.29 bits per heavy atom. The van der Waals surface area contributed by atoms with Gasteiger partial charge in [-0.05, 0) is 49.2 Å². The first-order valence-corrected chi connectivity index (χ1v) is 9.11. The van der Waals surface area contributed by atoms with E-state index in [9.17, 15) is 5.21 Å². The van der Waals surface area contributed by atoms with Crippen LogP contribution in [0.3, 0.4) is 0 Å². The van der Waals surface area contributed by atoms with Gasteiger partial charge in [-0.15, -0.1) is 0 Å². The Labute approximate surface area is 162 Å². The number of nitrogens with one attached hydrogen (secondary N) is 1. The molecule has 28 heavy (non-hydrogen) atoms. The molecule has 9 nitrogen and oxygen atoms in total. The number of anilines is 2. The zero-order valence-corrected chi connectivity index (χ0v) is 15.4. The van der Waals surface area contributed by atoms with Crippen LogP contribution in [0, 0.1) is 5.21 Å². The zero-order chi connectivity index (χ0) is 19.5. The van der Waals surface area contributed by atoms with E-state index in [0.29, 0.717) is 18.3 Å². The van der Waals surface area contributed by atoms with Gasteiger partial charge in [0.15, 0.2) is 0 Å². The van der Waals surface area contributed by atoms with Crippen molar-refractivity contribution in [2.75, 3.05) is 24.1 Å². The summed E-state index contributed by atoms with van der Waals surface area (Å²) in [5, 5.41) is 26.8. The van der Waals surface area contributed by atoms with Crippen molar-refractivity contribution >= 4 is 11.5 Å². The van der Waals surface area contributed by atoms with Gasteiger partial charge in [0, 0.05) is 25.4 Å². The van der Waals surface area contributed by atoms with Crippen LogP contribution in [0.5, 0.6) is 0 Å². The molecule has 1 saturated heterocycles.